The van der Waals surface area contributed by atoms with Crippen molar-refractivity contribution in [2.24, 2.45) is 5.92 Å². The van der Waals surface area contributed by atoms with Crippen molar-refractivity contribution in [2.75, 3.05) is 20.1 Å². The molecule has 0 spiro atoms. The number of aryl methyl sites for hydroxylation is 1. The number of carbonyl (C=O) groups excluding carboxylic acids is 3. The number of aromatic nitrogens is 1. The van der Waals surface area contributed by atoms with Gasteiger partial charge in [0.1, 0.15) is 5.78 Å². The second-order valence-electron chi connectivity index (χ2n) is 10.5. The number of Topliss-reactive ketones (excluding diaryl/α,β-unsaturated/α-hetero) is 1. The number of nitrogens with zero attached hydrogens (tertiary/aromatic N) is 2. The van der Waals surface area contributed by atoms with E-state index in [2.05, 4.69) is 60.7 Å². The maximum Gasteiger partial charge on any atom is 0.222 e. The number of ketones is 1. The summed E-state index contributed by atoms with van der Waals surface area (Å²) in [5.74, 6) is 1.36. The predicted molar refractivity (Wildman–Crippen MR) is 190 cm³/mol. The van der Waals surface area contributed by atoms with E-state index < -0.39 is 0 Å². The number of aliphatic hydroxyl groups is 2. The van der Waals surface area contributed by atoms with Crippen LogP contribution in [0.2, 0.25) is 0 Å². The fourth-order valence-electron chi connectivity index (χ4n) is 3.30. The lowest BCUT2D eigenvalue weighted by Gasteiger charge is -2.13. The van der Waals surface area contributed by atoms with Crippen LogP contribution in [0.4, 0.5) is 0 Å². The molecule has 0 bridgehead atoms. The summed E-state index contributed by atoms with van der Waals surface area (Å²) >= 11 is 1.66. The lowest BCUT2D eigenvalue weighted by molar-refractivity contribution is -0.130. The Kier molecular flexibility index (Phi) is 31.6. The largest absolute Gasteiger partial charge is 0.514 e. The highest BCUT2D eigenvalue weighted by atomic mass is 32.1. The molecule has 0 saturated carbocycles. The molecule has 1 aromatic carbocycles. The zero-order valence-electron chi connectivity index (χ0n) is 29.8. The monoisotopic (exact) mass is 650 g/mol. The Hall–Kier alpha value is -3.24. The summed E-state index contributed by atoms with van der Waals surface area (Å²) in [5.41, 5.74) is 5.32. The SMILES string of the molecule is CC.CC(C)C.CCC(=O)N1CCC(O)C1.CCC(=O)NC.CCCC(C)=O.Cc1ncsc1-c1ccc(CNC=CO)cc1. The van der Waals surface area contributed by atoms with Crippen LogP contribution in [0.15, 0.2) is 42.2 Å². The third-order valence-corrected chi connectivity index (χ3v) is 6.46. The van der Waals surface area contributed by atoms with Crippen LogP contribution >= 0.6 is 11.3 Å². The number of hydrogen-bond donors (Lipinski definition) is 4. The summed E-state index contributed by atoms with van der Waals surface area (Å²) < 4.78 is 0. The van der Waals surface area contributed by atoms with E-state index in [0.29, 0.717) is 25.9 Å². The molecule has 1 atom stereocenters. The molecule has 1 saturated heterocycles. The molecule has 9 nitrogen and oxygen atoms in total. The number of amides is 2. The van der Waals surface area contributed by atoms with E-state index in [4.69, 9.17) is 10.2 Å². The van der Waals surface area contributed by atoms with Crippen LogP contribution in [0.5, 0.6) is 0 Å². The van der Waals surface area contributed by atoms with Gasteiger partial charge in [0.2, 0.25) is 11.8 Å². The van der Waals surface area contributed by atoms with Crippen LogP contribution in [0.1, 0.15) is 106 Å². The van der Waals surface area contributed by atoms with Gasteiger partial charge in [-0.15, -0.1) is 11.3 Å². The number of nitrogens with one attached hydrogen (secondary N) is 2. The fourth-order valence-corrected chi connectivity index (χ4v) is 4.11. The number of likely N-dealkylation sites (tertiary alicyclic amines) is 1. The molecule has 0 aliphatic carbocycles. The van der Waals surface area contributed by atoms with E-state index >= 15 is 0 Å². The summed E-state index contributed by atoms with van der Waals surface area (Å²) in [6.07, 6.45) is 5.82. The molecule has 1 aliphatic heterocycles. The average Bonchev–Trinajstić information content (AvgIpc) is 3.66. The molecule has 2 aromatic rings. The first kappa shape index (κ1) is 46.2. The zero-order valence-corrected chi connectivity index (χ0v) is 30.6. The minimum absolute atomic E-state index is 0.0926. The molecule has 1 fully saturated rings. The number of aliphatic hydroxyl groups excluding tert-OH is 2. The highest BCUT2D eigenvalue weighted by molar-refractivity contribution is 7.13. The van der Waals surface area contributed by atoms with Gasteiger partial charge in [-0.2, -0.15) is 0 Å². The van der Waals surface area contributed by atoms with Crippen molar-refractivity contribution in [1.82, 2.24) is 20.5 Å². The molecule has 4 N–H and O–H groups in total. The second-order valence-corrected chi connectivity index (χ2v) is 11.4. The van der Waals surface area contributed by atoms with Gasteiger partial charge in [0.15, 0.2) is 0 Å². The first-order valence-electron chi connectivity index (χ1n) is 16.0. The van der Waals surface area contributed by atoms with Gasteiger partial charge in [0, 0.05) is 52.1 Å². The van der Waals surface area contributed by atoms with Crippen LogP contribution in [-0.2, 0) is 20.9 Å². The number of benzene rings is 1. The minimum Gasteiger partial charge on any atom is -0.514 e. The lowest BCUT2D eigenvalue weighted by Crippen LogP contribution is -2.28. The highest BCUT2D eigenvalue weighted by Gasteiger charge is 2.22. The third-order valence-electron chi connectivity index (χ3n) is 5.48. The van der Waals surface area contributed by atoms with Gasteiger partial charge in [-0.3, -0.25) is 9.59 Å². The Balaban J connectivity index is -0.000000538. The average molecular weight is 651 g/mol. The molecule has 10 heteroatoms. The molecule has 2 heterocycles. The third kappa shape index (κ3) is 26.8. The summed E-state index contributed by atoms with van der Waals surface area (Å²) in [6.45, 7) is 21.8. The second kappa shape index (κ2) is 30.8. The molecule has 45 heavy (non-hydrogen) atoms. The highest BCUT2D eigenvalue weighted by Crippen LogP contribution is 2.27. The number of carbonyl (C=O) groups is 3. The molecule has 1 aliphatic rings. The Labute approximate surface area is 277 Å². The van der Waals surface area contributed by atoms with Gasteiger partial charge in [0.05, 0.1) is 28.4 Å². The maximum atomic E-state index is 11.0. The van der Waals surface area contributed by atoms with Crippen molar-refractivity contribution in [1.29, 1.82) is 0 Å². The zero-order chi connectivity index (χ0) is 35.2. The van der Waals surface area contributed by atoms with E-state index in [1.165, 1.54) is 22.2 Å². The molecule has 2 amide bonds. The van der Waals surface area contributed by atoms with Gasteiger partial charge in [-0.1, -0.05) is 79.7 Å². The predicted octanol–water partition coefficient (Wildman–Crippen LogP) is 7.43. The first-order chi connectivity index (χ1) is 21.4. The van der Waals surface area contributed by atoms with Crippen molar-refractivity contribution in [3.63, 3.8) is 0 Å². The van der Waals surface area contributed by atoms with Gasteiger partial charge >= 0.3 is 0 Å². The van der Waals surface area contributed by atoms with Gasteiger partial charge in [0.25, 0.3) is 0 Å². The standard InChI is InChI=1S/C13H14N2OS.C7H13NO2.C5H10O.C4H9NO.C4H10.C2H6/c1-10-13(17-9-15-10)12-4-2-11(3-5-12)8-14-6-7-16;1-2-7(10)8-4-3-6(9)5-8;1-3-4-5(2)6;1-3-4(6)5-2;1-4(2)3;1-2/h2-7,9,14,16H,8H2,1H3;6,9H,2-5H2,1H3;3-4H2,1-2H3;3H2,1-2H3,(H,5,6);4H,1-3H3;1-2H3. The topological polar surface area (TPSA) is 132 Å². The lowest BCUT2D eigenvalue weighted by atomic mass is 10.1. The van der Waals surface area contributed by atoms with Crippen molar-refractivity contribution in [3.05, 3.63) is 53.5 Å². The van der Waals surface area contributed by atoms with Gasteiger partial charge < -0.3 is 30.5 Å². The minimum atomic E-state index is -0.282. The van der Waals surface area contributed by atoms with E-state index in [1.807, 2.05) is 47.1 Å². The van der Waals surface area contributed by atoms with E-state index in [1.54, 1.807) is 30.2 Å². The number of hydrogen-bond acceptors (Lipinski definition) is 8. The molecular weight excluding hydrogens is 588 g/mol. The Morgan fingerprint density at radius 2 is 1.67 bits per heavy atom. The summed E-state index contributed by atoms with van der Waals surface area (Å²) in [5, 5.41) is 23.0. The van der Waals surface area contributed by atoms with Gasteiger partial charge in [-0.25, -0.2) is 4.98 Å². The summed E-state index contributed by atoms with van der Waals surface area (Å²) in [4.78, 5) is 38.3. The van der Waals surface area contributed by atoms with Crippen molar-refractivity contribution in [2.45, 2.75) is 114 Å². The fraction of sp³-hybridized carbons (Fsp3) is 0.600. The molecule has 1 unspecified atom stereocenters. The van der Waals surface area contributed by atoms with Crippen LogP contribution in [0.3, 0.4) is 0 Å². The first-order valence-corrected chi connectivity index (χ1v) is 16.9. The Morgan fingerprint density at radius 3 is 1.98 bits per heavy atom. The Morgan fingerprint density at radius 1 is 1.09 bits per heavy atom. The Bertz CT molecular complexity index is 1030. The number of thiazole rings is 1. The van der Waals surface area contributed by atoms with Crippen LogP contribution in [-0.4, -0.2) is 63.9 Å². The van der Waals surface area contributed by atoms with Gasteiger partial charge in [-0.05, 0) is 43.7 Å². The van der Waals surface area contributed by atoms with E-state index in [0.717, 1.165) is 43.7 Å². The molecule has 1 aromatic heterocycles. The van der Waals surface area contributed by atoms with Crippen molar-refractivity contribution in [3.8, 4) is 10.4 Å². The number of β-amino-alcohol motifs (C(OH)–C–C–N with tert-alkyl or cyclic N) is 1. The molecule has 258 valence electrons. The van der Waals surface area contributed by atoms with Crippen molar-refractivity contribution < 1.29 is 24.6 Å². The summed E-state index contributed by atoms with van der Waals surface area (Å²) in [7, 11) is 1.63. The van der Waals surface area contributed by atoms with Crippen molar-refractivity contribution >= 4 is 28.9 Å². The van der Waals surface area contributed by atoms with Crippen LogP contribution in [0.25, 0.3) is 10.4 Å². The van der Waals surface area contributed by atoms with Crippen LogP contribution in [0, 0.1) is 12.8 Å². The molecule has 3 rings (SSSR count). The summed E-state index contributed by atoms with van der Waals surface area (Å²) in [6, 6.07) is 8.35. The molecule has 0 radical (unpaired) electrons. The normalized spacial score (nSPS) is 12.8. The molecular formula is C35H62N4O5S. The number of rotatable bonds is 8. The van der Waals surface area contributed by atoms with E-state index in [9.17, 15) is 14.4 Å². The smallest absolute Gasteiger partial charge is 0.222 e. The quantitative estimate of drug-likeness (QED) is 0.219. The van der Waals surface area contributed by atoms with Crippen LogP contribution < -0.4 is 10.6 Å². The maximum absolute atomic E-state index is 11.0. The van der Waals surface area contributed by atoms with E-state index in [-0.39, 0.29) is 23.7 Å².